The van der Waals surface area contributed by atoms with Crippen LogP contribution in [0.5, 0.6) is 0 Å². The van der Waals surface area contributed by atoms with Crippen LogP contribution in [0.15, 0.2) is 35.3 Å². The summed E-state index contributed by atoms with van der Waals surface area (Å²) >= 11 is 0. The Kier molecular flexibility index (Phi) is 5.91. The van der Waals surface area contributed by atoms with E-state index in [4.69, 9.17) is 4.74 Å². The third-order valence-corrected chi connectivity index (χ3v) is 5.01. The number of amides is 1. The Labute approximate surface area is 149 Å². The maximum Gasteiger partial charge on any atom is 0.242 e. The van der Waals surface area contributed by atoms with Crippen LogP contribution in [0.3, 0.4) is 0 Å². The number of hydrogen-bond donors (Lipinski definition) is 2. The number of ether oxygens (including phenoxy) is 1. The minimum Gasteiger partial charge on any atom is -0.373 e. The van der Waals surface area contributed by atoms with Crippen molar-refractivity contribution in [3.05, 3.63) is 35.9 Å². The maximum absolute atomic E-state index is 12.5. The molecule has 3 unspecified atom stereocenters. The molecule has 3 atom stereocenters. The summed E-state index contributed by atoms with van der Waals surface area (Å²) in [6.45, 7) is 3.55. The average molecular weight is 344 g/mol. The minimum absolute atomic E-state index is 0.0681. The van der Waals surface area contributed by atoms with E-state index >= 15 is 0 Å². The van der Waals surface area contributed by atoms with Gasteiger partial charge in [-0.2, -0.15) is 0 Å². The summed E-state index contributed by atoms with van der Waals surface area (Å²) in [4.78, 5) is 18.6. The van der Waals surface area contributed by atoms with E-state index < -0.39 is 0 Å². The third kappa shape index (κ3) is 4.51. The maximum atomic E-state index is 12.5. The first-order chi connectivity index (χ1) is 12.2. The number of likely N-dealkylation sites (N-methyl/N-ethyl adjacent to an activating group) is 1. The van der Waals surface area contributed by atoms with Crippen molar-refractivity contribution in [3.63, 3.8) is 0 Å². The lowest BCUT2D eigenvalue weighted by molar-refractivity contribution is -0.130. The van der Waals surface area contributed by atoms with Crippen LogP contribution >= 0.6 is 0 Å². The molecule has 0 aliphatic carbocycles. The van der Waals surface area contributed by atoms with Gasteiger partial charge in [0.05, 0.1) is 24.8 Å². The van der Waals surface area contributed by atoms with Crippen LogP contribution in [0, 0.1) is 0 Å². The van der Waals surface area contributed by atoms with Gasteiger partial charge < -0.3 is 20.3 Å². The first-order valence-electron chi connectivity index (χ1n) is 9.14. The molecule has 2 saturated heterocycles. The Morgan fingerprint density at radius 2 is 2.12 bits per heavy atom. The van der Waals surface area contributed by atoms with Crippen LogP contribution in [0.2, 0.25) is 0 Å². The number of hydrogen-bond acceptors (Lipinski definition) is 3. The molecule has 6 heteroatoms. The lowest BCUT2D eigenvalue weighted by Gasteiger charge is -2.24. The van der Waals surface area contributed by atoms with Gasteiger partial charge in [0.2, 0.25) is 5.91 Å². The molecule has 2 bridgehead atoms. The van der Waals surface area contributed by atoms with E-state index in [-0.39, 0.29) is 18.6 Å². The molecule has 2 aliphatic rings. The summed E-state index contributed by atoms with van der Waals surface area (Å²) in [5.41, 5.74) is 1.14. The van der Waals surface area contributed by atoms with Crippen molar-refractivity contribution in [1.29, 1.82) is 0 Å². The molecule has 2 heterocycles. The molecular formula is C19H28N4O2. The lowest BCUT2D eigenvalue weighted by Crippen LogP contribution is -2.50. The zero-order valence-corrected chi connectivity index (χ0v) is 15.1. The van der Waals surface area contributed by atoms with E-state index in [0.717, 1.165) is 24.8 Å². The van der Waals surface area contributed by atoms with Crippen molar-refractivity contribution >= 4 is 11.9 Å². The van der Waals surface area contributed by atoms with Gasteiger partial charge in [0.25, 0.3) is 0 Å². The summed E-state index contributed by atoms with van der Waals surface area (Å²) in [6, 6.07) is 10.4. The van der Waals surface area contributed by atoms with E-state index in [2.05, 4.69) is 15.6 Å². The predicted octanol–water partition coefficient (Wildman–Crippen LogP) is 1.52. The van der Waals surface area contributed by atoms with Crippen molar-refractivity contribution in [2.75, 3.05) is 20.1 Å². The zero-order valence-electron chi connectivity index (χ0n) is 15.1. The number of rotatable bonds is 6. The number of benzene rings is 1. The monoisotopic (exact) mass is 344 g/mol. The Hall–Kier alpha value is -2.08. The number of carbonyl (C=O) groups excluding carboxylic acids is 1. The van der Waals surface area contributed by atoms with Crippen molar-refractivity contribution in [3.8, 4) is 0 Å². The molecule has 0 saturated carbocycles. The SMILES string of the molecule is CCN(Cc1ccccc1)C(=O)CNC(=NC)NC1CC2CCC1O2. The lowest BCUT2D eigenvalue weighted by atomic mass is 9.96. The highest BCUT2D eigenvalue weighted by atomic mass is 16.5. The molecule has 0 aromatic heterocycles. The number of guanidine groups is 1. The van der Waals surface area contributed by atoms with Gasteiger partial charge in [-0.05, 0) is 31.7 Å². The first-order valence-corrected chi connectivity index (χ1v) is 9.14. The number of aliphatic imine (C=N–C) groups is 1. The van der Waals surface area contributed by atoms with Gasteiger partial charge in [0, 0.05) is 20.1 Å². The summed E-state index contributed by atoms with van der Waals surface area (Å²) in [5, 5.41) is 6.55. The number of nitrogens with one attached hydrogen (secondary N) is 2. The molecule has 6 nitrogen and oxygen atoms in total. The average Bonchev–Trinajstić information content (AvgIpc) is 3.26. The van der Waals surface area contributed by atoms with Crippen LogP contribution < -0.4 is 10.6 Å². The topological polar surface area (TPSA) is 66.0 Å². The molecule has 1 aromatic carbocycles. The standard InChI is InChI=1S/C19H28N4O2/c1-3-23(13-14-7-5-4-6-8-14)18(24)12-21-19(20-2)22-16-11-15-9-10-17(16)25-15/h4-8,15-17H,3,9-13H2,1-2H3,(H2,20,21,22). The second-order valence-corrected chi connectivity index (χ2v) is 6.68. The molecule has 1 amide bonds. The molecule has 2 aliphatic heterocycles. The minimum atomic E-state index is 0.0681. The molecule has 1 aromatic rings. The number of nitrogens with zero attached hydrogens (tertiary/aromatic N) is 2. The van der Waals surface area contributed by atoms with Gasteiger partial charge in [0.1, 0.15) is 0 Å². The number of carbonyl (C=O) groups is 1. The molecule has 136 valence electrons. The molecule has 0 spiro atoms. The van der Waals surface area contributed by atoms with Crippen LogP contribution in [0.4, 0.5) is 0 Å². The Morgan fingerprint density at radius 1 is 1.32 bits per heavy atom. The Morgan fingerprint density at radius 3 is 2.72 bits per heavy atom. The summed E-state index contributed by atoms with van der Waals surface area (Å²) in [5.74, 6) is 0.740. The van der Waals surface area contributed by atoms with Crippen molar-refractivity contribution in [2.45, 2.75) is 51.0 Å². The van der Waals surface area contributed by atoms with Gasteiger partial charge in [-0.3, -0.25) is 9.79 Å². The summed E-state index contributed by atoms with van der Waals surface area (Å²) in [7, 11) is 1.73. The van der Waals surface area contributed by atoms with Crippen LogP contribution in [0.25, 0.3) is 0 Å². The van der Waals surface area contributed by atoms with Gasteiger partial charge in [-0.25, -0.2) is 0 Å². The number of fused-ring (bicyclic) bond motifs is 2. The smallest absolute Gasteiger partial charge is 0.242 e. The molecule has 3 rings (SSSR count). The van der Waals surface area contributed by atoms with Crippen molar-refractivity contribution in [1.82, 2.24) is 15.5 Å². The second-order valence-electron chi connectivity index (χ2n) is 6.68. The van der Waals surface area contributed by atoms with Crippen molar-refractivity contribution < 1.29 is 9.53 Å². The Bertz CT molecular complexity index is 605. The van der Waals surface area contributed by atoms with E-state index in [1.165, 1.54) is 0 Å². The molecule has 2 N–H and O–H groups in total. The summed E-state index contributed by atoms with van der Waals surface area (Å²) in [6.07, 6.45) is 3.97. The quantitative estimate of drug-likeness (QED) is 0.607. The van der Waals surface area contributed by atoms with E-state index in [1.54, 1.807) is 7.05 Å². The highest BCUT2D eigenvalue weighted by Crippen LogP contribution is 2.34. The second kappa shape index (κ2) is 8.34. The van der Waals surface area contributed by atoms with Crippen LogP contribution in [-0.2, 0) is 16.1 Å². The van der Waals surface area contributed by atoms with Crippen LogP contribution in [0.1, 0.15) is 31.7 Å². The van der Waals surface area contributed by atoms with Gasteiger partial charge >= 0.3 is 0 Å². The first kappa shape index (κ1) is 17.7. The van der Waals surface area contributed by atoms with Gasteiger partial charge in [-0.15, -0.1) is 0 Å². The van der Waals surface area contributed by atoms with Crippen molar-refractivity contribution in [2.24, 2.45) is 4.99 Å². The molecule has 2 fully saturated rings. The fourth-order valence-electron chi connectivity index (χ4n) is 3.61. The molecule has 0 radical (unpaired) electrons. The van der Waals surface area contributed by atoms with Gasteiger partial charge in [0.15, 0.2) is 5.96 Å². The zero-order chi connectivity index (χ0) is 17.6. The van der Waals surface area contributed by atoms with Crippen LogP contribution in [-0.4, -0.2) is 55.2 Å². The van der Waals surface area contributed by atoms with E-state index in [0.29, 0.717) is 31.2 Å². The fraction of sp³-hybridized carbons (Fsp3) is 0.579. The van der Waals surface area contributed by atoms with Gasteiger partial charge in [-0.1, -0.05) is 30.3 Å². The summed E-state index contributed by atoms with van der Waals surface area (Å²) < 4.78 is 5.86. The predicted molar refractivity (Wildman–Crippen MR) is 98.3 cm³/mol. The van der Waals surface area contributed by atoms with E-state index in [1.807, 2.05) is 42.2 Å². The highest BCUT2D eigenvalue weighted by molar-refractivity contribution is 5.86. The third-order valence-electron chi connectivity index (χ3n) is 5.01. The Balaban J connectivity index is 1.47. The molecule has 25 heavy (non-hydrogen) atoms. The fourth-order valence-corrected chi connectivity index (χ4v) is 3.61. The van der Waals surface area contributed by atoms with E-state index in [9.17, 15) is 4.79 Å². The largest absolute Gasteiger partial charge is 0.373 e. The normalized spacial score (nSPS) is 25.0. The molecular weight excluding hydrogens is 316 g/mol. The highest BCUT2D eigenvalue weighted by Gasteiger charge is 2.41.